The van der Waals surface area contributed by atoms with Gasteiger partial charge in [-0.05, 0) is 38.5 Å². The van der Waals surface area contributed by atoms with E-state index in [-0.39, 0.29) is 5.54 Å². The van der Waals surface area contributed by atoms with Crippen molar-refractivity contribution in [3.05, 3.63) is 27.7 Å². The van der Waals surface area contributed by atoms with Crippen LogP contribution in [-0.4, -0.2) is 18.7 Å². The molecular weight excluding hydrogens is 302 g/mol. The molecule has 0 aromatic heterocycles. The van der Waals surface area contributed by atoms with Gasteiger partial charge in [0.1, 0.15) is 12.4 Å². The summed E-state index contributed by atoms with van der Waals surface area (Å²) >= 11 is 9.41. The summed E-state index contributed by atoms with van der Waals surface area (Å²) in [6.07, 6.45) is 1.09. The molecule has 0 aliphatic heterocycles. The molecular formula is C13H19BrClNO. The molecule has 0 saturated carbocycles. The summed E-state index contributed by atoms with van der Waals surface area (Å²) in [5.74, 6) is 0.728. The topological polar surface area (TPSA) is 21.3 Å². The van der Waals surface area contributed by atoms with Crippen LogP contribution in [0.4, 0.5) is 0 Å². The monoisotopic (exact) mass is 319 g/mol. The Morgan fingerprint density at radius 2 is 2.12 bits per heavy atom. The zero-order chi connectivity index (χ0) is 12.9. The van der Waals surface area contributed by atoms with Crippen molar-refractivity contribution >= 4 is 27.5 Å². The number of hydrogen-bond acceptors (Lipinski definition) is 2. The van der Waals surface area contributed by atoms with Crippen molar-refractivity contribution in [2.45, 2.75) is 32.7 Å². The van der Waals surface area contributed by atoms with Crippen LogP contribution >= 0.6 is 27.5 Å². The molecule has 1 rings (SSSR count). The second-order valence-corrected chi connectivity index (χ2v) is 5.91. The van der Waals surface area contributed by atoms with Crippen molar-refractivity contribution in [1.82, 2.24) is 5.32 Å². The van der Waals surface area contributed by atoms with Gasteiger partial charge in [0.05, 0.1) is 5.02 Å². The van der Waals surface area contributed by atoms with Crippen LogP contribution in [0.25, 0.3) is 0 Å². The normalized spacial score (nSPS) is 11.6. The highest BCUT2D eigenvalue weighted by atomic mass is 79.9. The molecule has 1 aromatic rings. The fourth-order valence-electron chi connectivity index (χ4n) is 1.27. The molecule has 17 heavy (non-hydrogen) atoms. The van der Waals surface area contributed by atoms with Crippen LogP contribution in [0, 0.1) is 0 Å². The van der Waals surface area contributed by atoms with E-state index in [1.165, 1.54) is 0 Å². The number of ether oxygens (including phenoxy) is 1. The van der Waals surface area contributed by atoms with Crippen LogP contribution < -0.4 is 10.1 Å². The Morgan fingerprint density at radius 3 is 2.71 bits per heavy atom. The summed E-state index contributed by atoms with van der Waals surface area (Å²) < 4.78 is 6.57. The van der Waals surface area contributed by atoms with E-state index in [1.54, 1.807) is 0 Å². The molecule has 0 aliphatic carbocycles. The molecule has 96 valence electrons. The van der Waals surface area contributed by atoms with Crippen molar-refractivity contribution in [3.63, 3.8) is 0 Å². The molecule has 2 nitrogen and oxygen atoms in total. The van der Waals surface area contributed by atoms with Crippen molar-refractivity contribution in [2.24, 2.45) is 0 Å². The number of halogens is 2. The summed E-state index contributed by atoms with van der Waals surface area (Å²) in [5, 5.41) is 4.07. The van der Waals surface area contributed by atoms with Gasteiger partial charge in [-0.25, -0.2) is 0 Å². The zero-order valence-corrected chi connectivity index (χ0v) is 12.9. The third-order valence-corrected chi connectivity index (χ3v) is 3.53. The molecule has 0 unspecified atom stereocenters. The SMILES string of the molecule is CCC(C)(C)NCCOc1ccc(Br)cc1Cl. The van der Waals surface area contributed by atoms with Gasteiger partial charge in [-0.15, -0.1) is 0 Å². The average Bonchev–Trinajstić information content (AvgIpc) is 2.27. The summed E-state index contributed by atoms with van der Waals surface area (Å²) in [6.45, 7) is 7.96. The molecule has 0 aliphatic rings. The van der Waals surface area contributed by atoms with E-state index in [9.17, 15) is 0 Å². The zero-order valence-electron chi connectivity index (χ0n) is 10.5. The molecule has 0 bridgehead atoms. The van der Waals surface area contributed by atoms with Crippen LogP contribution in [0.15, 0.2) is 22.7 Å². The van der Waals surface area contributed by atoms with Gasteiger partial charge in [-0.1, -0.05) is 34.5 Å². The van der Waals surface area contributed by atoms with Gasteiger partial charge in [-0.3, -0.25) is 0 Å². The van der Waals surface area contributed by atoms with Gasteiger partial charge in [0, 0.05) is 16.6 Å². The fourth-order valence-corrected chi connectivity index (χ4v) is 2.00. The Bertz CT molecular complexity index is 368. The highest BCUT2D eigenvalue weighted by Gasteiger charge is 2.12. The predicted molar refractivity (Wildman–Crippen MR) is 77.0 cm³/mol. The molecule has 0 spiro atoms. The second-order valence-electron chi connectivity index (χ2n) is 4.59. The van der Waals surface area contributed by atoms with Gasteiger partial charge in [0.2, 0.25) is 0 Å². The maximum Gasteiger partial charge on any atom is 0.138 e. The van der Waals surface area contributed by atoms with E-state index in [0.717, 1.165) is 23.2 Å². The molecule has 1 aromatic carbocycles. The Kier molecular flexibility index (Phi) is 5.77. The van der Waals surface area contributed by atoms with Crippen molar-refractivity contribution in [1.29, 1.82) is 0 Å². The van der Waals surface area contributed by atoms with Gasteiger partial charge in [0.15, 0.2) is 0 Å². The largest absolute Gasteiger partial charge is 0.491 e. The highest BCUT2D eigenvalue weighted by molar-refractivity contribution is 9.10. The van der Waals surface area contributed by atoms with Crippen molar-refractivity contribution < 1.29 is 4.74 Å². The number of benzene rings is 1. The minimum Gasteiger partial charge on any atom is -0.491 e. The molecule has 0 saturated heterocycles. The summed E-state index contributed by atoms with van der Waals surface area (Å²) in [4.78, 5) is 0. The standard InChI is InChI=1S/C13H19BrClNO/c1-4-13(2,3)16-7-8-17-12-6-5-10(14)9-11(12)15/h5-6,9,16H,4,7-8H2,1-3H3. The Labute approximate surface area is 117 Å². The van der Waals surface area contributed by atoms with Gasteiger partial charge >= 0.3 is 0 Å². The lowest BCUT2D eigenvalue weighted by atomic mass is 10.0. The van der Waals surface area contributed by atoms with E-state index in [4.69, 9.17) is 16.3 Å². The first kappa shape index (κ1) is 14.8. The van der Waals surface area contributed by atoms with Crippen LogP contribution in [-0.2, 0) is 0 Å². The molecule has 0 amide bonds. The van der Waals surface area contributed by atoms with Crippen LogP contribution in [0.2, 0.25) is 5.02 Å². The third-order valence-electron chi connectivity index (χ3n) is 2.74. The van der Waals surface area contributed by atoms with E-state index >= 15 is 0 Å². The third kappa shape index (κ3) is 5.28. The molecule has 1 N–H and O–H groups in total. The van der Waals surface area contributed by atoms with Crippen molar-refractivity contribution in [2.75, 3.05) is 13.2 Å². The first-order chi connectivity index (χ1) is 7.94. The van der Waals surface area contributed by atoms with E-state index in [2.05, 4.69) is 42.0 Å². The maximum absolute atomic E-state index is 6.05. The smallest absolute Gasteiger partial charge is 0.138 e. The minimum atomic E-state index is 0.160. The van der Waals surface area contributed by atoms with Gasteiger partial charge in [0.25, 0.3) is 0 Å². The molecule has 0 atom stereocenters. The quantitative estimate of drug-likeness (QED) is 0.791. The first-order valence-corrected chi connectivity index (χ1v) is 6.94. The Hall–Kier alpha value is -0.250. The maximum atomic E-state index is 6.05. The minimum absolute atomic E-state index is 0.160. The fraction of sp³-hybridized carbons (Fsp3) is 0.538. The van der Waals surface area contributed by atoms with E-state index in [0.29, 0.717) is 11.6 Å². The van der Waals surface area contributed by atoms with Crippen LogP contribution in [0.1, 0.15) is 27.2 Å². The predicted octanol–water partition coefficient (Wildman–Crippen LogP) is 4.26. The lowest BCUT2D eigenvalue weighted by Crippen LogP contribution is -2.40. The molecule has 4 heteroatoms. The highest BCUT2D eigenvalue weighted by Crippen LogP contribution is 2.27. The number of hydrogen-bond donors (Lipinski definition) is 1. The lowest BCUT2D eigenvalue weighted by Gasteiger charge is -2.24. The molecule has 0 fully saturated rings. The first-order valence-electron chi connectivity index (χ1n) is 5.77. The molecule has 0 heterocycles. The Balaban J connectivity index is 2.36. The number of nitrogens with one attached hydrogen (secondary N) is 1. The van der Waals surface area contributed by atoms with E-state index < -0.39 is 0 Å². The van der Waals surface area contributed by atoms with Crippen molar-refractivity contribution in [3.8, 4) is 5.75 Å². The van der Waals surface area contributed by atoms with Crippen LogP contribution in [0.5, 0.6) is 5.75 Å². The lowest BCUT2D eigenvalue weighted by molar-refractivity contribution is 0.281. The van der Waals surface area contributed by atoms with Gasteiger partial charge in [-0.2, -0.15) is 0 Å². The Morgan fingerprint density at radius 1 is 1.41 bits per heavy atom. The number of rotatable bonds is 6. The summed E-state index contributed by atoms with van der Waals surface area (Å²) in [5.41, 5.74) is 0.160. The second kappa shape index (κ2) is 6.62. The van der Waals surface area contributed by atoms with Gasteiger partial charge < -0.3 is 10.1 Å². The summed E-state index contributed by atoms with van der Waals surface area (Å²) in [6, 6.07) is 5.63. The van der Waals surface area contributed by atoms with E-state index in [1.807, 2.05) is 18.2 Å². The molecule has 0 radical (unpaired) electrons. The average molecular weight is 321 g/mol. The van der Waals surface area contributed by atoms with Crippen LogP contribution in [0.3, 0.4) is 0 Å². The summed E-state index contributed by atoms with van der Waals surface area (Å²) in [7, 11) is 0.